The summed E-state index contributed by atoms with van der Waals surface area (Å²) in [6, 6.07) is 13.9. The van der Waals surface area contributed by atoms with E-state index in [2.05, 4.69) is 10.7 Å². The molecule has 1 saturated heterocycles. The molecule has 0 bridgehead atoms. The lowest BCUT2D eigenvalue weighted by atomic mass is 10.2. The van der Waals surface area contributed by atoms with Crippen LogP contribution in [0.1, 0.15) is 16.5 Å². The summed E-state index contributed by atoms with van der Waals surface area (Å²) < 4.78 is 13.1. The maximum absolute atomic E-state index is 13.1. The van der Waals surface area contributed by atoms with E-state index in [1.54, 1.807) is 12.1 Å². The van der Waals surface area contributed by atoms with Crippen molar-refractivity contribution in [2.45, 2.75) is 12.3 Å². The number of carbonyl (C=O) groups excluding carboxylic acids is 1. The van der Waals surface area contributed by atoms with Crippen LogP contribution in [-0.4, -0.2) is 21.8 Å². The molecule has 3 rings (SSSR count). The minimum atomic E-state index is -0.302. The molecule has 24 heavy (non-hydrogen) atoms. The largest absolute Gasteiger partial charge is 0.331 e. The molecule has 2 N–H and O–H groups in total. The normalized spacial score (nSPS) is 17.0. The van der Waals surface area contributed by atoms with Gasteiger partial charge in [0.05, 0.1) is 5.75 Å². The van der Waals surface area contributed by atoms with Crippen molar-refractivity contribution in [1.29, 1.82) is 0 Å². The van der Waals surface area contributed by atoms with Crippen molar-refractivity contribution in [3.8, 4) is 0 Å². The maximum atomic E-state index is 13.1. The predicted octanol–water partition coefficient (Wildman–Crippen LogP) is 3.61. The van der Waals surface area contributed by atoms with Crippen LogP contribution in [0.25, 0.3) is 0 Å². The molecule has 2 aromatic rings. The molecular weight excluding hydrogens is 345 g/mol. The highest BCUT2D eigenvalue weighted by molar-refractivity contribution is 8.00. The number of amides is 1. The smallest absolute Gasteiger partial charge is 0.252 e. The van der Waals surface area contributed by atoms with Gasteiger partial charge in [-0.3, -0.25) is 10.2 Å². The number of rotatable bonds is 3. The van der Waals surface area contributed by atoms with Gasteiger partial charge in [-0.1, -0.05) is 29.8 Å². The van der Waals surface area contributed by atoms with Gasteiger partial charge in [0.25, 0.3) is 5.91 Å². The van der Waals surface area contributed by atoms with E-state index < -0.39 is 0 Å². The summed E-state index contributed by atoms with van der Waals surface area (Å²) in [5.41, 5.74) is 5.79. The first-order valence-electron chi connectivity index (χ1n) is 7.36. The van der Waals surface area contributed by atoms with Gasteiger partial charge in [-0.25, -0.2) is 9.40 Å². The minimum absolute atomic E-state index is 0.0672. The fourth-order valence-electron chi connectivity index (χ4n) is 2.32. The molecule has 7 heteroatoms. The van der Waals surface area contributed by atoms with Crippen molar-refractivity contribution in [3.63, 3.8) is 0 Å². The first kappa shape index (κ1) is 16.7. The Kier molecular flexibility index (Phi) is 5.01. The van der Waals surface area contributed by atoms with Gasteiger partial charge in [0.1, 0.15) is 11.2 Å². The average Bonchev–Trinajstić information content (AvgIpc) is 2.91. The quantitative estimate of drug-likeness (QED) is 0.818. The van der Waals surface area contributed by atoms with Gasteiger partial charge in [0, 0.05) is 5.69 Å². The van der Waals surface area contributed by atoms with Gasteiger partial charge in [-0.2, -0.15) is 0 Å². The minimum Gasteiger partial charge on any atom is -0.331 e. The molecule has 0 spiro atoms. The highest BCUT2D eigenvalue weighted by Crippen LogP contribution is 2.37. The number of hydrogen-bond acceptors (Lipinski definition) is 3. The molecule has 124 valence electrons. The zero-order chi connectivity index (χ0) is 17.1. The number of thioether (sulfide) groups is 1. The van der Waals surface area contributed by atoms with Crippen molar-refractivity contribution >= 4 is 40.7 Å². The summed E-state index contributed by atoms with van der Waals surface area (Å²) in [6.07, 6.45) is 0. The number of aryl methyl sites for hydroxylation is 1. The van der Waals surface area contributed by atoms with Gasteiger partial charge in [0.15, 0.2) is 5.11 Å². The highest BCUT2D eigenvalue weighted by Gasteiger charge is 2.33. The number of nitrogens with one attached hydrogen (secondary N) is 2. The SMILES string of the molecule is Cc1ccc(NC(=S)NN2C(=O)CSC2c2ccc(F)cc2)cc1. The van der Waals surface area contributed by atoms with Crippen molar-refractivity contribution in [3.05, 3.63) is 65.5 Å². The standard InChI is InChI=1S/C17H16FN3OS2/c1-11-2-8-14(9-3-11)19-17(23)20-21-15(22)10-24-16(21)12-4-6-13(18)7-5-12/h2-9,16H,10H2,1H3,(H2,19,20,23). The number of benzene rings is 2. The van der Waals surface area contributed by atoms with Gasteiger partial charge in [-0.15, -0.1) is 11.8 Å². The summed E-state index contributed by atoms with van der Waals surface area (Å²) in [5, 5.41) is 4.64. The second-order valence-electron chi connectivity index (χ2n) is 5.41. The van der Waals surface area contributed by atoms with Crippen molar-refractivity contribution in [2.24, 2.45) is 0 Å². The summed E-state index contributed by atoms with van der Waals surface area (Å²) in [6.45, 7) is 2.01. The molecular formula is C17H16FN3OS2. The lowest BCUT2D eigenvalue weighted by Crippen LogP contribution is -2.46. The summed E-state index contributed by atoms with van der Waals surface area (Å²) in [4.78, 5) is 12.1. The Morgan fingerprint density at radius 3 is 2.54 bits per heavy atom. The number of hydrazine groups is 1. The fourth-order valence-corrected chi connectivity index (χ4v) is 3.65. The second-order valence-corrected chi connectivity index (χ2v) is 6.89. The van der Waals surface area contributed by atoms with Crippen LogP contribution in [0.4, 0.5) is 10.1 Å². The number of carbonyl (C=O) groups is 1. The number of halogens is 1. The first-order valence-corrected chi connectivity index (χ1v) is 8.82. The molecule has 1 unspecified atom stereocenters. The zero-order valence-electron chi connectivity index (χ0n) is 13.0. The molecule has 1 atom stereocenters. The molecule has 1 heterocycles. The van der Waals surface area contributed by atoms with E-state index in [0.717, 1.165) is 16.8 Å². The molecule has 1 fully saturated rings. The number of nitrogens with zero attached hydrogens (tertiary/aromatic N) is 1. The Morgan fingerprint density at radius 1 is 1.21 bits per heavy atom. The molecule has 2 aromatic carbocycles. The Bertz CT molecular complexity index is 749. The van der Waals surface area contributed by atoms with Crippen LogP contribution in [0.15, 0.2) is 48.5 Å². The van der Waals surface area contributed by atoms with Gasteiger partial charge >= 0.3 is 0 Å². The summed E-state index contributed by atoms with van der Waals surface area (Å²) in [7, 11) is 0. The van der Waals surface area contributed by atoms with Crippen LogP contribution in [0.3, 0.4) is 0 Å². The number of anilines is 1. The molecule has 0 aliphatic carbocycles. The molecule has 0 aromatic heterocycles. The molecule has 1 amide bonds. The Balaban J connectivity index is 1.69. The van der Waals surface area contributed by atoms with Crippen LogP contribution in [-0.2, 0) is 4.79 Å². The second kappa shape index (κ2) is 7.19. The molecule has 0 saturated carbocycles. The van der Waals surface area contributed by atoms with Gasteiger partial charge in [-0.05, 0) is 49.0 Å². The van der Waals surface area contributed by atoms with Gasteiger partial charge in [0.2, 0.25) is 0 Å². The van der Waals surface area contributed by atoms with Crippen LogP contribution in [0, 0.1) is 12.7 Å². The molecule has 4 nitrogen and oxygen atoms in total. The third-order valence-corrected chi connectivity index (χ3v) is 4.96. The molecule has 1 aliphatic rings. The van der Waals surface area contributed by atoms with Crippen LogP contribution >= 0.6 is 24.0 Å². The maximum Gasteiger partial charge on any atom is 0.252 e. The van der Waals surface area contributed by atoms with Crippen LogP contribution in [0.2, 0.25) is 0 Å². The lowest BCUT2D eigenvalue weighted by Gasteiger charge is -2.26. The topological polar surface area (TPSA) is 44.4 Å². The monoisotopic (exact) mass is 361 g/mol. The van der Waals surface area contributed by atoms with Crippen molar-refractivity contribution in [2.75, 3.05) is 11.1 Å². The first-order chi connectivity index (χ1) is 11.5. The van der Waals surface area contributed by atoms with E-state index in [1.807, 2.05) is 31.2 Å². The van der Waals surface area contributed by atoms with E-state index in [-0.39, 0.29) is 17.1 Å². The van der Waals surface area contributed by atoms with E-state index >= 15 is 0 Å². The Morgan fingerprint density at radius 2 is 1.88 bits per heavy atom. The van der Waals surface area contributed by atoms with E-state index in [9.17, 15) is 9.18 Å². The van der Waals surface area contributed by atoms with Crippen molar-refractivity contribution < 1.29 is 9.18 Å². The van der Waals surface area contributed by atoms with Crippen LogP contribution in [0.5, 0.6) is 0 Å². The zero-order valence-corrected chi connectivity index (χ0v) is 14.6. The predicted molar refractivity (Wildman–Crippen MR) is 99.0 cm³/mol. The molecule has 1 aliphatic heterocycles. The summed E-state index contributed by atoms with van der Waals surface area (Å²) >= 11 is 6.77. The van der Waals surface area contributed by atoms with E-state index in [0.29, 0.717) is 10.9 Å². The van der Waals surface area contributed by atoms with Crippen molar-refractivity contribution in [1.82, 2.24) is 10.4 Å². The highest BCUT2D eigenvalue weighted by atomic mass is 32.2. The fraction of sp³-hybridized carbons (Fsp3) is 0.176. The van der Waals surface area contributed by atoms with E-state index in [4.69, 9.17) is 12.2 Å². The third-order valence-electron chi connectivity index (χ3n) is 3.55. The number of hydrogen-bond donors (Lipinski definition) is 2. The number of thiocarbonyl (C=S) groups is 1. The van der Waals surface area contributed by atoms with Crippen LogP contribution < -0.4 is 10.7 Å². The Labute approximate surface area is 149 Å². The van der Waals surface area contributed by atoms with Gasteiger partial charge < -0.3 is 5.32 Å². The average molecular weight is 361 g/mol. The molecule has 0 radical (unpaired) electrons. The summed E-state index contributed by atoms with van der Waals surface area (Å²) in [5.74, 6) is -0.0196. The lowest BCUT2D eigenvalue weighted by molar-refractivity contribution is -0.129. The Hall–Kier alpha value is -2.12. The van der Waals surface area contributed by atoms with E-state index in [1.165, 1.54) is 28.9 Å². The third kappa shape index (κ3) is 3.85.